The number of nitrogen functional groups attached to an aromatic ring is 1. The number of nitrogens with one attached hydrogen (secondary N) is 1. The van der Waals surface area contributed by atoms with Crippen molar-refractivity contribution in [2.75, 3.05) is 11.1 Å². The van der Waals surface area contributed by atoms with Gasteiger partial charge in [-0.1, -0.05) is 6.07 Å². The van der Waals surface area contributed by atoms with E-state index < -0.39 is 0 Å². The number of hydrogen-bond acceptors (Lipinski definition) is 6. The van der Waals surface area contributed by atoms with Crippen LogP contribution in [0, 0.1) is 0 Å². The molecule has 0 aliphatic rings. The zero-order valence-electron chi connectivity index (χ0n) is 10.4. The van der Waals surface area contributed by atoms with Crippen molar-refractivity contribution in [2.45, 2.75) is 6.54 Å². The molecule has 0 aliphatic carbocycles. The van der Waals surface area contributed by atoms with Crippen LogP contribution in [0.5, 0.6) is 0 Å². The first kappa shape index (κ1) is 12.7. The van der Waals surface area contributed by atoms with Gasteiger partial charge in [-0.2, -0.15) is 0 Å². The summed E-state index contributed by atoms with van der Waals surface area (Å²) in [5.41, 5.74) is 7.78. The first-order valence-electron chi connectivity index (χ1n) is 5.93. The Morgan fingerprint density at radius 2 is 2.10 bits per heavy atom. The van der Waals surface area contributed by atoms with Crippen LogP contribution in [0.15, 0.2) is 41.5 Å². The summed E-state index contributed by atoms with van der Waals surface area (Å²) in [5, 5.41) is 4.17. The molecule has 0 atom stereocenters. The van der Waals surface area contributed by atoms with Gasteiger partial charge in [0.2, 0.25) is 0 Å². The highest BCUT2D eigenvalue weighted by Crippen LogP contribution is 2.18. The van der Waals surface area contributed by atoms with Gasteiger partial charge in [0.1, 0.15) is 10.9 Å². The summed E-state index contributed by atoms with van der Waals surface area (Å²) in [6.45, 7) is 0.597. The summed E-state index contributed by atoms with van der Waals surface area (Å²) in [4.78, 5) is 16.5. The molecule has 3 rings (SSSR count). The average molecular weight is 331 g/mol. The van der Waals surface area contributed by atoms with Crippen LogP contribution in [0.1, 0.15) is 5.56 Å². The molecule has 0 saturated heterocycles. The lowest BCUT2D eigenvalue weighted by molar-refractivity contribution is 1.08. The second-order valence-electron chi connectivity index (χ2n) is 4.20. The Kier molecular flexibility index (Phi) is 3.42. The van der Waals surface area contributed by atoms with E-state index in [9.17, 15) is 0 Å². The molecule has 3 N–H and O–H groups in total. The molecular formula is C13H11BrN6. The molecule has 0 fully saturated rings. The summed E-state index contributed by atoms with van der Waals surface area (Å²) in [7, 11) is 0. The maximum atomic E-state index is 5.77. The number of anilines is 2. The van der Waals surface area contributed by atoms with E-state index in [1.54, 1.807) is 12.4 Å². The summed E-state index contributed by atoms with van der Waals surface area (Å²) in [5.74, 6) is 0.932. The lowest BCUT2D eigenvalue weighted by atomic mass is 10.1. The van der Waals surface area contributed by atoms with E-state index >= 15 is 0 Å². The number of nitrogens with zero attached hydrogens (tertiary/aromatic N) is 4. The Labute approximate surface area is 123 Å². The van der Waals surface area contributed by atoms with E-state index in [4.69, 9.17) is 5.73 Å². The molecule has 0 spiro atoms. The second-order valence-corrected chi connectivity index (χ2v) is 5.01. The first-order chi connectivity index (χ1) is 9.72. The van der Waals surface area contributed by atoms with Gasteiger partial charge in [-0.3, -0.25) is 0 Å². The van der Waals surface area contributed by atoms with Gasteiger partial charge in [0.15, 0.2) is 11.6 Å². The number of aromatic nitrogens is 4. The molecular weight excluding hydrogens is 320 g/mol. The van der Waals surface area contributed by atoms with Crippen LogP contribution in [0.4, 0.5) is 11.6 Å². The van der Waals surface area contributed by atoms with Gasteiger partial charge in [-0.15, -0.1) is 0 Å². The molecule has 0 radical (unpaired) electrons. The molecule has 2 heterocycles. The standard InChI is InChI=1S/C13H11BrN6/c14-11-6-17-12(15)13(20-11)18-4-8-1-2-10-9(3-8)5-16-7-19-10/h1-3,5-7H,4H2,(H2,15,17)(H,18,20). The van der Waals surface area contributed by atoms with Crippen molar-refractivity contribution in [3.63, 3.8) is 0 Å². The third-order valence-corrected chi connectivity index (χ3v) is 3.18. The Bertz CT molecular complexity index is 761. The van der Waals surface area contributed by atoms with Gasteiger partial charge >= 0.3 is 0 Å². The van der Waals surface area contributed by atoms with Gasteiger partial charge < -0.3 is 11.1 Å². The molecule has 0 amide bonds. The fraction of sp³-hybridized carbons (Fsp3) is 0.0769. The molecule has 100 valence electrons. The van der Waals surface area contributed by atoms with Crippen LogP contribution in [0.25, 0.3) is 10.9 Å². The zero-order chi connectivity index (χ0) is 13.9. The summed E-state index contributed by atoms with van der Waals surface area (Å²) in [6.07, 6.45) is 4.89. The van der Waals surface area contributed by atoms with Gasteiger partial charge in [-0.25, -0.2) is 19.9 Å². The molecule has 0 saturated carbocycles. The van der Waals surface area contributed by atoms with Crippen LogP contribution in [0.3, 0.4) is 0 Å². The number of benzene rings is 1. The highest BCUT2D eigenvalue weighted by atomic mass is 79.9. The Morgan fingerprint density at radius 1 is 1.20 bits per heavy atom. The lowest BCUT2D eigenvalue weighted by Crippen LogP contribution is -2.06. The third kappa shape index (κ3) is 2.67. The predicted molar refractivity (Wildman–Crippen MR) is 81.0 cm³/mol. The van der Waals surface area contributed by atoms with Gasteiger partial charge in [-0.05, 0) is 33.6 Å². The van der Waals surface area contributed by atoms with E-state index in [1.807, 2.05) is 18.2 Å². The zero-order valence-corrected chi connectivity index (χ0v) is 12.0. The summed E-state index contributed by atoms with van der Waals surface area (Å²) < 4.78 is 0.640. The third-order valence-electron chi connectivity index (χ3n) is 2.80. The molecule has 0 aliphatic heterocycles. The van der Waals surface area contributed by atoms with Gasteiger partial charge in [0, 0.05) is 18.1 Å². The van der Waals surface area contributed by atoms with Crippen LogP contribution in [-0.2, 0) is 6.54 Å². The van der Waals surface area contributed by atoms with Crippen molar-refractivity contribution in [1.29, 1.82) is 0 Å². The number of hydrogen-bond donors (Lipinski definition) is 2. The fourth-order valence-electron chi connectivity index (χ4n) is 1.84. The molecule has 7 heteroatoms. The minimum atomic E-state index is 0.373. The smallest absolute Gasteiger partial charge is 0.170 e. The van der Waals surface area contributed by atoms with Crippen molar-refractivity contribution in [3.05, 3.63) is 47.1 Å². The maximum absolute atomic E-state index is 5.77. The molecule has 2 aromatic heterocycles. The van der Waals surface area contributed by atoms with Crippen molar-refractivity contribution in [2.24, 2.45) is 0 Å². The van der Waals surface area contributed by atoms with E-state index in [2.05, 4.69) is 41.2 Å². The fourth-order valence-corrected chi connectivity index (χ4v) is 2.12. The quantitative estimate of drug-likeness (QED) is 0.766. The van der Waals surface area contributed by atoms with Crippen LogP contribution in [0.2, 0.25) is 0 Å². The summed E-state index contributed by atoms with van der Waals surface area (Å²) in [6, 6.07) is 6.00. The minimum absolute atomic E-state index is 0.373. The van der Waals surface area contributed by atoms with Gasteiger partial charge in [0.05, 0.1) is 11.7 Å². The van der Waals surface area contributed by atoms with E-state index in [0.29, 0.717) is 22.8 Å². The molecule has 6 nitrogen and oxygen atoms in total. The average Bonchev–Trinajstić information content (AvgIpc) is 2.48. The highest BCUT2D eigenvalue weighted by molar-refractivity contribution is 9.10. The molecule has 1 aromatic carbocycles. The number of fused-ring (bicyclic) bond motifs is 1. The maximum Gasteiger partial charge on any atom is 0.170 e. The van der Waals surface area contributed by atoms with E-state index in [-0.39, 0.29) is 0 Å². The van der Waals surface area contributed by atoms with Crippen molar-refractivity contribution < 1.29 is 0 Å². The van der Waals surface area contributed by atoms with Crippen molar-refractivity contribution >= 4 is 38.5 Å². The molecule has 3 aromatic rings. The Balaban J connectivity index is 1.81. The normalized spacial score (nSPS) is 10.7. The minimum Gasteiger partial charge on any atom is -0.381 e. The SMILES string of the molecule is Nc1ncc(Br)nc1NCc1ccc2ncncc2c1. The van der Waals surface area contributed by atoms with Gasteiger partial charge in [0.25, 0.3) is 0 Å². The van der Waals surface area contributed by atoms with Crippen LogP contribution >= 0.6 is 15.9 Å². The summed E-state index contributed by atoms with van der Waals surface area (Å²) >= 11 is 3.27. The molecule has 20 heavy (non-hydrogen) atoms. The second kappa shape index (κ2) is 5.38. The topological polar surface area (TPSA) is 89.6 Å². The number of halogens is 1. The monoisotopic (exact) mass is 330 g/mol. The van der Waals surface area contributed by atoms with Crippen LogP contribution < -0.4 is 11.1 Å². The largest absolute Gasteiger partial charge is 0.381 e. The Hall–Kier alpha value is -2.28. The lowest BCUT2D eigenvalue weighted by Gasteiger charge is -2.08. The number of rotatable bonds is 3. The van der Waals surface area contributed by atoms with Crippen LogP contribution in [-0.4, -0.2) is 19.9 Å². The Morgan fingerprint density at radius 3 is 3.00 bits per heavy atom. The number of nitrogens with two attached hydrogens (primary N) is 1. The van der Waals surface area contributed by atoms with E-state index in [1.165, 1.54) is 6.33 Å². The molecule has 0 bridgehead atoms. The van der Waals surface area contributed by atoms with Crippen molar-refractivity contribution in [1.82, 2.24) is 19.9 Å². The first-order valence-corrected chi connectivity index (χ1v) is 6.72. The predicted octanol–water partition coefficient (Wildman–Crippen LogP) is 2.38. The van der Waals surface area contributed by atoms with Crippen molar-refractivity contribution in [3.8, 4) is 0 Å². The molecule has 0 unspecified atom stereocenters. The highest BCUT2D eigenvalue weighted by Gasteiger charge is 2.04. The van der Waals surface area contributed by atoms with E-state index in [0.717, 1.165) is 16.5 Å².